The summed E-state index contributed by atoms with van der Waals surface area (Å²) >= 11 is 1.47. The number of benzene rings is 3. The van der Waals surface area contributed by atoms with E-state index in [0.717, 1.165) is 15.8 Å². The standard InChI is InChI=1S/C26H18N10OS/c37-23(17-11-5-2-6-12-17)29-22-19(33-35-25-30-21(34-36-25)16-9-3-1-4-10-16)15-27-24(31-22)32-26-28-18-13-7-8-14-20(18)38-26/h1-15H,(H,30,34,36)(H2,27,28,29,31,32,37). The van der Waals surface area contributed by atoms with Crippen LogP contribution in [0.1, 0.15) is 10.4 Å². The molecule has 0 saturated heterocycles. The van der Waals surface area contributed by atoms with E-state index in [4.69, 9.17) is 0 Å². The highest BCUT2D eigenvalue weighted by atomic mass is 32.1. The van der Waals surface area contributed by atoms with E-state index in [1.165, 1.54) is 17.5 Å². The Hall–Kier alpha value is -5.36. The van der Waals surface area contributed by atoms with Gasteiger partial charge in [-0.05, 0) is 24.3 Å². The minimum Gasteiger partial charge on any atom is -0.305 e. The summed E-state index contributed by atoms with van der Waals surface area (Å²) in [6.07, 6.45) is 1.46. The zero-order valence-corrected chi connectivity index (χ0v) is 20.4. The molecular formula is C26H18N10OS. The van der Waals surface area contributed by atoms with E-state index in [-0.39, 0.29) is 29.3 Å². The lowest BCUT2D eigenvalue weighted by atomic mass is 10.2. The third-order valence-electron chi connectivity index (χ3n) is 5.32. The summed E-state index contributed by atoms with van der Waals surface area (Å²) in [6.45, 7) is 0. The first-order chi connectivity index (χ1) is 18.7. The molecule has 0 fully saturated rings. The van der Waals surface area contributed by atoms with Gasteiger partial charge in [-0.3, -0.25) is 10.1 Å². The van der Waals surface area contributed by atoms with Crippen molar-refractivity contribution in [2.75, 3.05) is 10.6 Å². The van der Waals surface area contributed by atoms with E-state index >= 15 is 0 Å². The predicted molar refractivity (Wildman–Crippen MR) is 145 cm³/mol. The Balaban J connectivity index is 1.29. The van der Waals surface area contributed by atoms with Gasteiger partial charge < -0.3 is 10.3 Å². The molecule has 6 rings (SSSR count). The van der Waals surface area contributed by atoms with Crippen LogP contribution in [0.4, 0.5) is 28.5 Å². The first kappa shape index (κ1) is 23.1. The van der Waals surface area contributed by atoms with E-state index in [1.807, 2.05) is 60.7 Å². The first-order valence-corrected chi connectivity index (χ1v) is 12.3. The highest BCUT2D eigenvalue weighted by Gasteiger charge is 2.14. The molecule has 0 aliphatic heterocycles. The van der Waals surface area contributed by atoms with Gasteiger partial charge in [0.05, 0.1) is 16.4 Å². The van der Waals surface area contributed by atoms with Gasteiger partial charge in [0.1, 0.15) is 5.69 Å². The van der Waals surface area contributed by atoms with E-state index in [0.29, 0.717) is 16.5 Å². The lowest BCUT2D eigenvalue weighted by Crippen LogP contribution is -2.13. The number of carbonyl (C=O) groups is 1. The number of hydrogen-bond donors (Lipinski definition) is 3. The minimum absolute atomic E-state index is 0.170. The van der Waals surface area contributed by atoms with Crippen LogP contribution in [-0.2, 0) is 0 Å². The molecule has 38 heavy (non-hydrogen) atoms. The molecule has 0 radical (unpaired) electrons. The smallest absolute Gasteiger partial charge is 0.267 e. The normalized spacial score (nSPS) is 11.2. The number of para-hydroxylation sites is 1. The molecule has 0 spiro atoms. The summed E-state index contributed by atoms with van der Waals surface area (Å²) in [5.74, 6) is 0.823. The molecule has 12 heteroatoms. The number of carbonyl (C=O) groups excluding carboxylic acids is 1. The summed E-state index contributed by atoms with van der Waals surface area (Å²) in [5.41, 5.74) is 2.44. The van der Waals surface area contributed by atoms with Gasteiger partial charge in [0.15, 0.2) is 16.8 Å². The van der Waals surface area contributed by atoms with E-state index < -0.39 is 0 Å². The maximum Gasteiger partial charge on any atom is 0.267 e. The van der Waals surface area contributed by atoms with Crippen molar-refractivity contribution in [2.45, 2.75) is 0 Å². The molecular weight excluding hydrogens is 500 g/mol. The fourth-order valence-corrected chi connectivity index (χ4v) is 4.38. The van der Waals surface area contributed by atoms with Crippen molar-refractivity contribution >= 4 is 56.0 Å². The van der Waals surface area contributed by atoms with Gasteiger partial charge in [-0.15, -0.1) is 20.4 Å². The Morgan fingerprint density at radius 2 is 1.61 bits per heavy atom. The van der Waals surface area contributed by atoms with Gasteiger partial charge in [-0.1, -0.05) is 72.0 Å². The Bertz CT molecular complexity index is 1720. The molecule has 3 aromatic carbocycles. The molecule has 0 aliphatic carbocycles. The van der Waals surface area contributed by atoms with Gasteiger partial charge in [0.2, 0.25) is 5.95 Å². The zero-order chi connectivity index (χ0) is 25.7. The fraction of sp³-hybridized carbons (Fsp3) is 0. The minimum atomic E-state index is -0.349. The van der Waals surface area contributed by atoms with Crippen molar-refractivity contribution in [3.05, 3.63) is 96.7 Å². The highest BCUT2D eigenvalue weighted by Crippen LogP contribution is 2.30. The van der Waals surface area contributed by atoms with Crippen LogP contribution in [0.3, 0.4) is 0 Å². The summed E-state index contributed by atoms with van der Waals surface area (Å²) in [4.78, 5) is 29.3. The van der Waals surface area contributed by atoms with Gasteiger partial charge in [-0.2, -0.15) is 4.98 Å². The van der Waals surface area contributed by atoms with Crippen LogP contribution >= 0.6 is 11.3 Å². The van der Waals surface area contributed by atoms with Crippen LogP contribution < -0.4 is 10.6 Å². The van der Waals surface area contributed by atoms with E-state index in [9.17, 15) is 4.79 Å². The Labute approximate surface area is 219 Å². The number of aromatic amines is 1. The van der Waals surface area contributed by atoms with Crippen molar-refractivity contribution in [1.82, 2.24) is 30.1 Å². The number of H-pyrrole nitrogens is 1. The number of azo groups is 1. The molecule has 6 aromatic rings. The first-order valence-electron chi connectivity index (χ1n) is 11.5. The van der Waals surface area contributed by atoms with Crippen molar-refractivity contribution in [1.29, 1.82) is 0 Å². The molecule has 0 bridgehead atoms. The van der Waals surface area contributed by atoms with E-state index in [1.54, 1.807) is 24.3 Å². The number of nitrogens with zero attached hydrogens (tertiary/aromatic N) is 7. The molecule has 0 aliphatic rings. The van der Waals surface area contributed by atoms with Crippen LogP contribution in [0.25, 0.3) is 21.6 Å². The quantitative estimate of drug-likeness (QED) is 0.211. The Morgan fingerprint density at radius 1 is 0.842 bits per heavy atom. The predicted octanol–water partition coefficient (Wildman–Crippen LogP) is 6.28. The number of nitrogens with one attached hydrogen (secondary N) is 3. The summed E-state index contributed by atoms with van der Waals surface area (Å²) in [7, 11) is 0. The molecule has 3 N–H and O–H groups in total. The second-order valence-corrected chi connectivity index (χ2v) is 8.95. The van der Waals surface area contributed by atoms with Crippen LogP contribution in [0.2, 0.25) is 0 Å². The SMILES string of the molecule is O=C(Nc1nc(Nc2nc3ccccc3s2)ncc1N=Nc1nnc(-c2ccccc2)[nH]1)c1ccccc1. The molecule has 1 amide bonds. The van der Waals surface area contributed by atoms with E-state index in [2.05, 4.69) is 51.0 Å². The Morgan fingerprint density at radius 3 is 2.42 bits per heavy atom. The van der Waals surface area contributed by atoms with Gasteiger partial charge in [0, 0.05) is 11.1 Å². The second kappa shape index (κ2) is 10.3. The maximum absolute atomic E-state index is 12.9. The largest absolute Gasteiger partial charge is 0.305 e. The molecule has 3 heterocycles. The number of fused-ring (bicyclic) bond motifs is 1. The van der Waals surface area contributed by atoms with Crippen molar-refractivity contribution in [3.63, 3.8) is 0 Å². The van der Waals surface area contributed by atoms with Crippen molar-refractivity contribution in [2.24, 2.45) is 10.2 Å². The zero-order valence-electron chi connectivity index (χ0n) is 19.6. The third kappa shape index (κ3) is 5.10. The van der Waals surface area contributed by atoms with Gasteiger partial charge >= 0.3 is 0 Å². The number of anilines is 3. The molecule has 0 saturated carbocycles. The van der Waals surface area contributed by atoms with Crippen LogP contribution in [-0.4, -0.2) is 36.0 Å². The highest BCUT2D eigenvalue weighted by molar-refractivity contribution is 7.22. The summed E-state index contributed by atoms with van der Waals surface area (Å²) in [6, 6.07) is 26.1. The van der Waals surface area contributed by atoms with Crippen molar-refractivity contribution in [3.8, 4) is 11.4 Å². The summed E-state index contributed by atoms with van der Waals surface area (Å²) < 4.78 is 1.03. The topological polar surface area (TPSA) is 146 Å². The fourth-order valence-electron chi connectivity index (χ4n) is 3.52. The monoisotopic (exact) mass is 518 g/mol. The molecule has 0 unspecified atom stereocenters. The average molecular weight is 519 g/mol. The number of aromatic nitrogens is 6. The average Bonchev–Trinajstić information content (AvgIpc) is 3.60. The van der Waals surface area contributed by atoms with Crippen molar-refractivity contribution < 1.29 is 4.79 Å². The number of thiazole rings is 1. The number of amides is 1. The second-order valence-electron chi connectivity index (χ2n) is 7.92. The molecule has 184 valence electrons. The number of hydrogen-bond acceptors (Lipinski definition) is 10. The summed E-state index contributed by atoms with van der Waals surface area (Å²) in [5, 5.41) is 23.0. The van der Waals surface area contributed by atoms with Crippen LogP contribution in [0.15, 0.2) is 101 Å². The number of rotatable bonds is 7. The molecule has 11 nitrogen and oxygen atoms in total. The maximum atomic E-state index is 12.9. The molecule has 3 aromatic heterocycles. The lowest BCUT2D eigenvalue weighted by Gasteiger charge is -2.08. The third-order valence-corrected chi connectivity index (χ3v) is 6.28. The molecule has 0 atom stereocenters. The Kier molecular flexibility index (Phi) is 6.27. The van der Waals surface area contributed by atoms with Crippen LogP contribution in [0, 0.1) is 0 Å². The lowest BCUT2D eigenvalue weighted by molar-refractivity contribution is 0.102. The van der Waals surface area contributed by atoms with Crippen LogP contribution in [0.5, 0.6) is 0 Å². The van der Waals surface area contributed by atoms with Gasteiger partial charge in [0.25, 0.3) is 11.9 Å². The van der Waals surface area contributed by atoms with Gasteiger partial charge in [-0.25, -0.2) is 9.97 Å².